The molecule has 0 radical (unpaired) electrons. The van der Waals surface area contributed by atoms with Crippen molar-refractivity contribution in [3.8, 4) is 6.07 Å². The summed E-state index contributed by atoms with van der Waals surface area (Å²) < 4.78 is 13.2. The third kappa shape index (κ3) is 3.87. The lowest BCUT2D eigenvalue weighted by atomic mass is 10.1. The number of pyridine rings is 1. The maximum absolute atomic E-state index is 13.2. The lowest BCUT2D eigenvalue weighted by molar-refractivity contribution is 0.618. The van der Waals surface area contributed by atoms with Crippen LogP contribution in [0.2, 0.25) is 0 Å². The van der Waals surface area contributed by atoms with Crippen molar-refractivity contribution in [2.75, 3.05) is 0 Å². The second kappa shape index (κ2) is 6.07. The Morgan fingerprint density at radius 3 is 2.84 bits per heavy atom. The number of rotatable bonds is 4. The summed E-state index contributed by atoms with van der Waals surface area (Å²) >= 11 is 0. The fourth-order valence-corrected chi connectivity index (χ4v) is 1.85. The van der Waals surface area contributed by atoms with Crippen molar-refractivity contribution in [2.24, 2.45) is 0 Å². The summed E-state index contributed by atoms with van der Waals surface area (Å²) in [7, 11) is 0. The van der Waals surface area contributed by atoms with Crippen LogP contribution in [0.5, 0.6) is 0 Å². The Kier molecular flexibility index (Phi) is 4.22. The normalized spacial score (nSPS) is 10.2. The number of nitriles is 1. The van der Waals surface area contributed by atoms with E-state index in [1.54, 1.807) is 6.07 Å². The van der Waals surface area contributed by atoms with Gasteiger partial charge in [-0.1, -0.05) is 6.07 Å². The van der Waals surface area contributed by atoms with E-state index in [1.165, 1.54) is 12.1 Å². The van der Waals surface area contributed by atoms with Crippen LogP contribution in [0.4, 0.5) is 4.39 Å². The molecule has 0 aliphatic heterocycles. The van der Waals surface area contributed by atoms with Crippen molar-refractivity contribution < 1.29 is 4.39 Å². The van der Waals surface area contributed by atoms with E-state index in [4.69, 9.17) is 5.26 Å². The first kappa shape index (κ1) is 13.2. The van der Waals surface area contributed by atoms with Gasteiger partial charge < -0.3 is 5.32 Å². The van der Waals surface area contributed by atoms with E-state index in [1.807, 2.05) is 31.2 Å². The summed E-state index contributed by atoms with van der Waals surface area (Å²) in [5, 5.41) is 12.0. The number of hydrogen-bond acceptors (Lipinski definition) is 3. The van der Waals surface area contributed by atoms with E-state index in [-0.39, 0.29) is 5.82 Å². The van der Waals surface area contributed by atoms with E-state index in [0.29, 0.717) is 18.7 Å². The van der Waals surface area contributed by atoms with Gasteiger partial charge in [-0.05, 0) is 42.8 Å². The molecule has 0 bridgehead atoms. The molecule has 1 N–H and O–H groups in total. The van der Waals surface area contributed by atoms with Crippen molar-refractivity contribution in [3.05, 3.63) is 64.7 Å². The molecule has 2 aromatic rings. The second-order valence-electron chi connectivity index (χ2n) is 4.33. The van der Waals surface area contributed by atoms with Gasteiger partial charge in [-0.15, -0.1) is 0 Å². The van der Waals surface area contributed by atoms with Gasteiger partial charge in [0.2, 0.25) is 0 Å². The molecule has 0 amide bonds. The third-order valence-corrected chi connectivity index (χ3v) is 2.67. The molecule has 1 aromatic carbocycles. The monoisotopic (exact) mass is 255 g/mol. The van der Waals surface area contributed by atoms with Gasteiger partial charge in [0, 0.05) is 18.8 Å². The summed E-state index contributed by atoms with van der Waals surface area (Å²) in [4.78, 5) is 4.37. The highest BCUT2D eigenvalue weighted by Gasteiger charge is 2.01. The molecule has 2 rings (SSSR count). The van der Waals surface area contributed by atoms with Crippen LogP contribution in [0, 0.1) is 24.1 Å². The molecule has 0 unspecified atom stereocenters. The number of aromatic nitrogens is 1. The SMILES string of the molecule is Cc1cccc(CNCc2cc(F)cc(C#N)c2)n1. The van der Waals surface area contributed by atoms with Crippen LogP contribution in [-0.4, -0.2) is 4.98 Å². The molecule has 19 heavy (non-hydrogen) atoms. The Labute approximate surface area is 111 Å². The molecule has 1 aromatic heterocycles. The Bertz CT molecular complexity index is 617. The molecule has 0 spiro atoms. The molecule has 4 heteroatoms. The Hall–Kier alpha value is -2.25. The average Bonchev–Trinajstić information content (AvgIpc) is 2.38. The number of hydrogen-bond donors (Lipinski definition) is 1. The van der Waals surface area contributed by atoms with Crippen LogP contribution in [0.25, 0.3) is 0 Å². The van der Waals surface area contributed by atoms with Crippen molar-refractivity contribution in [1.82, 2.24) is 10.3 Å². The molecule has 0 fully saturated rings. The molecule has 96 valence electrons. The topological polar surface area (TPSA) is 48.7 Å². The molecule has 0 saturated heterocycles. The van der Waals surface area contributed by atoms with Crippen molar-refractivity contribution in [2.45, 2.75) is 20.0 Å². The second-order valence-corrected chi connectivity index (χ2v) is 4.33. The van der Waals surface area contributed by atoms with Crippen LogP contribution in [0.1, 0.15) is 22.5 Å². The molecule has 0 saturated carbocycles. The minimum atomic E-state index is -0.385. The summed E-state index contributed by atoms with van der Waals surface area (Å²) in [6.45, 7) is 3.05. The number of nitrogens with one attached hydrogen (secondary N) is 1. The van der Waals surface area contributed by atoms with Crippen molar-refractivity contribution in [3.63, 3.8) is 0 Å². The zero-order chi connectivity index (χ0) is 13.7. The predicted octanol–water partition coefficient (Wildman–Crippen LogP) is 2.69. The number of nitrogens with zero attached hydrogens (tertiary/aromatic N) is 2. The Morgan fingerprint density at radius 1 is 1.26 bits per heavy atom. The lowest BCUT2D eigenvalue weighted by Crippen LogP contribution is -2.14. The van der Waals surface area contributed by atoms with Gasteiger partial charge >= 0.3 is 0 Å². The number of aryl methyl sites for hydroxylation is 1. The van der Waals surface area contributed by atoms with Crippen LogP contribution in [0.3, 0.4) is 0 Å². The first-order chi connectivity index (χ1) is 9.17. The first-order valence-electron chi connectivity index (χ1n) is 6.00. The van der Waals surface area contributed by atoms with Gasteiger partial charge in [0.05, 0.1) is 17.3 Å². The van der Waals surface area contributed by atoms with Crippen LogP contribution in [0.15, 0.2) is 36.4 Å². The summed E-state index contributed by atoms with van der Waals surface area (Å²) in [5.41, 5.74) is 3.00. The first-order valence-corrected chi connectivity index (χ1v) is 6.00. The van der Waals surface area contributed by atoms with E-state index in [2.05, 4.69) is 10.3 Å². The highest BCUT2D eigenvalue weighted by atomic mass is 19.1. The van der Waals surface area contributed by atoms with E-state index >= 15 is 0 Å². The minimum Gasteiger partial charge on any atom is -0.307 e. The maximum Gasteiger partial charge on any atom is 0.124 e. The molecular formula is C15H14FN3. The quantitative estimate of drug-likeness (QED) is 0.913. The van der Waals surface area contributed by atoms with Gasteiger partial charge in [-0.2, -0.15) is 5.26 Å². The molecule has 1 heterocycles. The number of halogens is 1. The maximum atomic E-state index is 13.2. The van der Waals surface area contributed by atoms with E-state index < -0.39 is 0 Å². The zero-order valence-electron chi connectivity index (χ0n) is 10.7. The van der Waals surface area contributed by atoms with Crippen molar-refractivity contribution in [1.29, 1.82) is 5.26 Å². The smallest absolute Gasteiger partial charge is 0.124 e. The average molecular weight is 255 g/mol. The van der Waals surface area contributed by atoms with Gasteiger partial charge in [-0.25, -0.2) is 4.39 Å². The van der Waals surface area contributed by atoms with E-state index in [0.717, 1.165) is 17.0 Å². The van der Waals surface area contributed by atoms with Gasteiger partial charge in [0.15, 0.2) is 0 Å². The molecule has 0 aliphatic rings. The Morgan fingerprint density at radius 2 is 2.11 bits per heavy atom. The number of benzene rings is 1. The Balaban J connectivity index is 1.96. The largest absolute Gasteiger partial charge is 0.307 e. The van der Waals surface area contributed by atoms with Gasteiger partial charge in [0.25, 0.3) is 0 Å². The molecule has 0 aliphatic carbocycles. The highest BCUT2D eigenvalue weighted by molar-refractivity contribution is 5.33. The zero-order valence-corrected chi connectivity index (χ0v) is 10.7. The van der Waals surface area contributed by atoms with Gasteiger partial charge in [0.1, 0.15) is 5.82 Å². The predicted molar refractivity (Wildman–Crippen MR) is 70.6 cm³/mol. The third-order valence-electron chi connectivity index (χ3n) is 2.67. The van der Waals surface area contributed by atoms with Crippen LogP contribution in [-0.2, 0) is 13.1 Å². The summed E-state index contributed by atoms with van der Waals surface area (Å²) in [5.74, 6) is -0.385. The minimum absolute atomic E-state index is 0.338. The lowest BCUT2D eigenvalue weighted by Gasteiger charge is -2.06. The fraction of sp³-hybridized carbons (Fsp3) is 0.200. The molecule has 3 nitrogen and oxygen atoms in total. The van der Waals surface area contributed by atoms with E-state index in [9.17, 15) is 4.39 Å². The molecular weight excluding hydrogens is 241 g/mol. The van der Waals surface area contributed by atoms with Crippen LogP contribution < -0.4 is 5.32 Å². The molecule has 0 atom stereocenters. The van der Waals surface area contributed by atoms with Crippen molar-refractivity contribution >= 4 is 0 Å². The fourth-order valence-electron chi connectivity index (χ4n) is 1.85. The summed E-state index contributed by atoms with van der Waals surface area (Å²) in [6.07, 6.45) is 0. The summed E-state index contributed by atoms with van der Waals surface area (Å²) in [6, 6.07) is 12.1. The van der Waals surface area contributed by atoms with Crippen LogP contribution >= 0.6 is 0 Å². The standard InChI is InChI=1S/C15H14FN3/c1-11-3-2-4-15(19-11)10-18-9-13-5-12(8-17)6-14(16)7-13/h2-7,18H,9-10H2,1H3. The highest BCUT2D eigenvalue weighted by Crippen LogP contribution is 2.08. The van der Waals surface area contributed by atoms with Gasteiger partial charge in [-0.3, -0.25) is 4.98 Å².